The Morgan fingerprint density at radius 3 is 2.44 bits per heavy atom. The Bertz CT molecular complexity index is 498. The number of imide groups is 1. The lowest BCUT2D eigenvalue weighted by atomic mass is 10.1. The number of carbonyl (C=O) groups is 3. The highest BCUT2D eigenvalue weighted by atomic mass is 16.5. The largest absolute Gasteiger partial charge is 0.484 e. The topological polar surface area (TPSA) is 111 Å². The number of urea groups is 1. The van der Waals surface area contributed by atoms with Crippen molar-refractivity contribution in [3.8, 4) is 5.75 Å². The van der Waals surface area contributed by atoms with Crippen LogP contribution in [0.25, 0.3) is 0 Å². The van der Waals surface area contributed by atoms with Crippen LogP contribution in [0.1, 0.15) is 11.6 Å². The molecule has 1 aromatic rings. The molecule has 1 heterocycles. The van der Waals surface area contributed by atoms with E-state index in [9.17, 15) is 14.4 Å². The summed E-state index contributed by atoms with van der Waals surface area (Å²) in [5.74, 6) is -0.505. The van der Waals surface area contributed by atoms with Crippen molar-refractivity contribution in [3.63, 3.8) is 0 Å². The zero-order chi connectivity index (χ0) is 13.1. The molecule has 4 N–H and O–H groups in total. The zero-order valence-electron chi connectivity index (χ0n) is 9.30. The lowest BCUT2D eigenvalue weighted by Gasteiger charge is -2.09. The molecule has 0 saturated carbocycles. The normalized spacial score (nSPS) is 18.1. The maximum atomic E-state index is 11.4. The van der Waals surface area contributed by atoms with Gasteiger partial charge in [0.2, 0.25) is 0 Å². The van der Waals surface area contributed by atoms with Gasteiger partial charge in [0.15, 0.2) is 6.61 Å². The second-order valence-corrected chi connectivity index (χ2v) is 3.72. The van der Waals surface area contributed by atoms with Crippen molar-refractivity contribution in [2.75, 3.05) is 6.61 Å². The highest BCUT2D eigenvalue weighted by Crippen LogP contribution is 2.20. The van der Waals surface area contributed by atoms with Gasteiger partial charge in [-0.1, -0.05) is 12.1 Å². The minimum absolute atomic E-state index is 0.208. The minimum atomic E-state index is -0.692. The van der Waals surface area contributed by atoms with Crippen LogP contribution in [0.15, 0.2) is 24.3 Å². The monoisotopic (exact) mass is 249 g/mol. The number of primary amides is 1. The summed E-state index contributed by atoms with van der Waals surface area (Å²) in [4.78, 5) is 32.9. The van der Waals surface area contributed by atoms with E-state index in [-0.39, 0.29) is 6.61 Å². The van der Waals surface area contributed by atoms with Crippen LogP contribution in [-0.2, 0) is 9.59 Å². The Kier molecular flexibility index (Phi) is 3.13. The number of hydrogen-bond donors (Lipinski definition) is 3. The van der Waals surface area contributed by atoms with Crippen LogP contribution < -0.4 is 21.1 Å². The molecule has 7 nitrogen and oxygen atoms in total. The number of nitrogens with two attached hydrogens (primary N) is 1. The van der Waals surface area contributed by atoms with Crippen molar-refractivity contribution in [3.05, 3.63) is 29.8 Å². The molecule has 1 aromatic carbocycles. The smallest absolute Gasteiger partial charge is 0.322 e. The zero-order valence-corrected chi connectivity index (χ0v) is 9.30. The van der Waals surface area contributed by atoms with Crippen molar-refractivity contribution < 1.29 is 19.1 Å². The maximum Gasteiger partial charge on any atom is 0.322 e. The van der Waals surface area contributed by atoms with Crippen molar-refractivity contribution in [2.24, 2.45) is 5.73 Å². The molecule has 18 heavy (non-hydrogen) atoms. The van der Waals surface area contributed by atoms with Crippen LogP contribution in [0, 0.1) is 0 Å². The number of rotatable bonds is 4. The van der Waals surface area contributed by atoms with Crippen LogP contribution >= 0.6 is 0 Å². The Balaban J connectivity index is 2.05. The highest BCUT2D eigenvalue weighted by Gasteiger charge is 2.30. The predicted octanol–water partition coefficient (Wildman–Crippen LogP) is -0.569. The summed E-state index contributed by atoms with van der Waals surface area (Å²) in [6.45, 7) is -0.208. The van der Waals surface area contributed by atoms with Crippen LogP contribution in [0.4, 0.5) is 4.79 Å². The summed E-state index contributed by atoms with van der Waals surface area (Å²) in [6, 6.07) is 5.24. The van der Waals surface area contributed by atoms with Gasteiger partial charge in [-0.2, -0.15) is 0 Å². The summed E-state index contributed by atoms with van der Waals surface area (Å²) in [5.41, 5.74) is 5.57. The number of hydrogen-bond acceptors (Lipinski definition) is 4. The summed E-state index contributed by atoms with van der Waals surface area (Å²) < 4.78 is 5.07. The molecule has 0 radical (unpaired) electrons. The molecule has 0 bridgehead atoms. The molecule has 1 aliphatic heterocycles. The van der Waals surface area contributed by atoms with E-state index in [4.69, 9.17) is 10.5 Å². The number of nitrogens with one attached hydrogen (secondary N) is 2. The molecule has 1 saturated heterocycles. The van der Waals surface area contributed by atoms with E-state index >= 15 is 0 Å². The fraction of sp³-hybridized carbons (Fsp3) is 0.182. The van der Waals surface area contributed by atoms with Crippen molar-refractivity contribution >= 4 is 17.8 Å². The summed E-state index contributed by atoms with van der Waals surface area (Å²) >= 11 is 0. The third kappa shape index (κ3) is 2.57. The molecule has 1 unspecified atom stereocenters. The maximum absolute atomic E-state index is 11.4. The van der Waals surface area contributed by atoms with Crippen LogP contribution in [-0.4, -0.2) is 24.5 Å². The average Bonchev–Trinajstić information content (AvgIpc) is 2.66. The first-order valence-electron chi connectivity index (χ1n) is 5.18. The Morgan fingerprint density at radius 2 is 1.94 bits per heavy atom. The molecule has 7 heteroatoms. The summed E-state index contributed by atoms with van der Waals surface area (Å²) in [7, 11) is 0. The Hall–Kier alpha value is -2.57. The molecular formula is C11H11N3O4. The number of amides is 4. The molecule has 0 aromatic heterocycles. The molecule has 0 aliphatic carbocycles. The molecule has 1 aliphatic rings. The third-order valence-electron chi connectivity index (χ3n) is 2.37. The lowest BCUT2D eigenvalue weighted by molar-refractivity contribution is -0.120. The average molecular weight is 249 g/mol. The summed E-state index contributed by atoms with van der Waals surface area (Å²) in [6.07, 6.45) is 0. The highest BCUT2D eigenvalue weighted by molar-refractivity contribution is 6.04. The second-order valence-electron chi connectivity index (χ2n) is 3.72. The van der Waals surface area contributed by atoms with E-state index in [2.05, 4.69) is 10.6 Å². The molecule has 2 rings (SSSR count). The van der Waals surface area contributed by atoms with Gasteiger partial charge in [0.05, 0.1) is 0 Å². The van der Waals surface area contributed by atoms with E-state index < -0.39 is 23.9 Å². The van der Waals surface area contributed by atoms with E-state index in [0.717, 1.165) is 0 Å². The Morgan fingerprint density at radius 1 is 1.28 bits per heavy atom. The second kappa shape index (κ2) is 4.74. The van der Waals surface area contributed by atoms with E-state index in [0.29, 0.717) is 11.3 Å². The SMILES string of the molecule is NC(=O)COc1ccc(C2NC(=O)NC2=O)cc1. The molecule has 0 spiro atoms. The van der Waals surface area contributed by atoms with Crippen LogP contribution in [0.3, 0.4) is 0 Å². The van der Waals surface area contributed by atoms with Crippen LogP contribution in [0.2, 0.25) is 0 Å². The summed E-state index contributed by atoms with van der Waals surface area (Å²) in [5, 5.41) is 4.61. The van der Waals surface area contributed by atoms with Gasteiger partial charge in [-0.25, -0.2) is 4.79 Å². The fourth-order valence-electron chi connectivity index (χ4n) is 1.56. The molecule has 1 fully saturated rings. The first-order valence-corrected chi connectivity index (χ1v) is 5.18. The number of carbonyl (C=O) groups excluding carboxylic acids is 3. The first kappa shape index (κ1) is 11.9. The van der Waals surface area contributed by atoms with Gasteiger partial charge in [-0.3, -0.25) is 14.9 Å². The van der Waals surface area contributed by atoms with Crippen LogP contribution in [0.5, 0.6) is 5.75 Å². The quantitative estimate of drug-likeness (QED) is 0.620. The number of benzene rings is 1. The van der Waals surface area contributed by atoms with E-state index in [1.807, 2.05) is 0 Å². The third-order valence-corrected chi connectivity index (χ3v) is 2.37. The van der Waals surface area contributed by atoms with Gasteiger partial charge in [0, 0.05) is 0 Å². The lowest BCUT2D eigenvalue weighted by Crippen LogP contribution is -2.22. The van der Waals surface area contributed by atoms with Gasteiger partial charge in [-0.05, 0) is 17.7 Å². The first-order chi connectivity index (χ1) is 8.56. The molecular weight excluding hydrogens is 238 g/mol. The fourth-order valence-corrected chi connectivity index (χ4v) is 1.56. The minimum Gasteiger partial charge on any atom is -0.484 e. The Labute approximate surface area is 102 Å². The van der Waals surface area contributed by atoms with E-state index in [1.54, 1.807) is 24.3 Å². The standard InChI is InChI=1S/C11H11N3O4/c12-8(15)5-18-7-3-1-6(2-4-7)9-10(16)14-11(17)13-9/h1-4,9H,5H2,(H2,12,15)(H2,13,14,16,17). The van der Waals surface area contributed by atoms with Gasteiger partial charge in [-0.15, -0.1) is 0 Å². The predicted molar refractivity (Wildman–Crippen MR) is 60.5 cm³/mol. The van der Waals surface area contributed by atoms with Crippen molar-refractivity contribution in [1.29, 1.82) is 0 Å². The van der Waals surface area contributed by atoms with Gasteiger partial charge in [0.1, 0.15) is 11.8 Å². The molecule has 1 atom stereocenters. The van der Waals surface area contributed by atoms with Gasteiger partial charge < -0.3 is 15.8 Å². The van der Waals surface area contributed by atoms with Crippen molar-refractivity contribution in [1.82, 2.24) is 10.6 Å². The van der Waals surface area contributed by atoms with Crippen molar-refractivity contribution in [2.45, 2.75) is 6.04 Å². The van der Waals surface area contributed by atoms with Gasteiger partial charge >= 0.3 is 6.03 Å². The van der Waals surface area contributed by atoms with E-state index in [1.165, 1.54) is 0 Å². The number of ether oxygens (including phenoxy) is 1. The molecule has 94 valence electrons. The van der Waals surface area contributed by atoms with Gasteiger partial charge in [0.25, 0.3) is 11.8 Å². The molecule has 4 amide bonds.